The van der Waals surface area contributed by atoms with Crippen LogP contribution in [0.25, 0.3) is 5.69 Å². The molecular weight excluding hydrogens is 442 g/mol. The SMILES string of the molecule is O=C1CCC(N2Cc3cc(-n4cc(C(=O)N5CCc6nocc6C5)nn4)ccc3C2=O)C(=O)N1. The van der Waals surface area contributed by atoms with Crippen molar-refractivity contribution in [3.63, 3.8) is 0 Å². The van der Waals surface area contributed by atoms with Gasteiger partial charge in [0.05, 0.1) is 24.1 Å². The van der Waals surface area contributed by atoms with Crippen molar-refractivity contribution < 1.29 is 23.7 Å². The Hall–Kier alpha value is -4.35. The molecule has 0 aliphatic carbocycles. The summed E-state index contributed by atoms with van der Waals surface area (Å²) >= 11 is 0. The number of carbonyl (C=O) groups excluding carboxylic acids is 4. The third-order valence-electron chi connectivity index (χ3n) is 6.48. The summed E-state index contributed by atoms with van der Waals surface area (Å²) in [7, 11) is 0. The van der Waals surface area contributed by atoms with Crippen molar-refractivity contribution in [3.05, 3.63) is 58.7 Å². The highest BCUT2D eigenvalue weighted by molar-refractivity contribution is 6.05. The molecule has 1 atom stereocenters. The number of hydrogen-bond acceptors (Lipinski definition) is 8. The van der Waals surface area contributed by atoms with E-state index in [0.717, 1.165) is 16.8 Å². The molecule has 2 aromatic heterocycles. The average molecular weight is 461 g/mol. The number of imide groups is 1. The van der Waals surface area contributed by atoms with E-state index in [1.165, 1.54) is 9.58 Å². The Bertz CT molecular complexity index is 1360. The van der Waals surface area contributed by atoms with Gasteiger partial charge in [-0.2, -0.15) is 0 Å². The molecule has 0 spiro atoms. The number of nitrogens with zero attached hydrogens (tertiary/aromatic N) is 6. The van der Waals surface area contributed by atoms with Crippen LogP contribution in [0.4, 0.5) is 0 Å². The maximum atomic E-state index is 12.9. The lowest BCUT2D eigenvalue weighted by molar-refractivity contribution is -0.136. The number of benzene rings is 1. The van der Waals surface area contributed by atoms with Crippen molar-refractivity contribution in [3.8, 4) is 5.69 Å². The van der Waals surface area contributed by atoms with Gasteiger partial charge in [0.2, 0.25) is 11.8 Å². The molecule has 6 rings (SSSR count). The largest absolute Gasteiger partial charge is 0.364 e. The molecule has 1 aromatic carbocycles. The van der Waals surface area contributed by atoms with Crippen LogP contribution in [-0.4, -0.2) is 66.2 Å². The van der Waals surface area contributed by atoms with Crippen molar-refractivity contribution in [2.24, 2.45) is 0 Å². The summed E-state index contributed by atoms with van der Waals surface area (Å²) in [6, 6.07) is 4.52. The van der Waals surface area contributed by atoms with Crippen LogP contribution in [0.2, 0.25) is 0 Å². The zero-order valence-electron chi connectivity index (χ0n) is 17.9. The topological polar surface area (TPSA) is 144 Å². The molecule has 1 fully saturated rings. The zero-order valence-corrected chi connectivity index (χ0v) is 17.9. The fourth-order valence-corrected chi connectivity index (χ4v) is 4.67. The van der Waals surface area contributed by atoms with Crippen LogP contribution < -0.4 is 5.32 Å². The second-order valence-corrected chi connectivity index (χ2v) is 8.55. The van der Waals surface area contributed by atoms with Gasteiger partial charge in [-0.3, -0.25) is 24.5 Å². The van der Waals surface area contributed by atoms with E-state index in [2.05, 4.69) is 20.8 Å². The number of hydrogen-bond donors (Lipinski definition) is 1. The summed E-state index contributed by atoms with van der Waals surface area (Å²) in [4.78, 5) is 52.6. The quantitative estimate of drug-likeness (QED) is 0.546. The van der Waals surface area contributed by atoms with E-state index in [4.69, 9.17) is 4.52 Å². The molecule has 12 nitrogen and oxygen atoms in total. The molecule has 1 saturated heterocycles. The Morgan fingerprint density at radius 3 is 2.85 bits per heavy atom. The molecule has 5 heterocycles. The van der Waals surface area contributed by atoms with Crippen molar-refractivity contribution in [2.75, 3.05) is 6.54 Å². The van der Waals surface area contributed by atoms with Crippen LogP contribution >= 0.6 is 0 Å². The lowest BCUT2D eigenvalue weighted by Crippen LogP contribution is -2.52. The van der Waals surface area contributed by atoms with Gasteiger partial charge in [-0.05, 0) is 30.2 Å². The fraction of sp³-hybridized carbons (Fsp3) is 0.318. The Labute approximate surface area is 192 Å². The molecule has 0 bridgehead atoms. The van der Waals surface area contributed by atoms with E-state index in [0.29, 0.717) is 37.2 Å². The van der Waals surface area contributed by atoms with E-state index in [1.807, 2.05) is 0 Å². The zero-order chi connectivity index (χ0) is 23.4. The highest BCUT2D eigenvalue weighted by Crippen LogP contribution is 2.29. The normalized spacial score (nSPS) is 19.8. The third-order valence-corrected chi connectivity index (χ3v) is 6.48. The van der Waals surface area contributed by atoms with Gasteiger partial charge in [0.15, 0.2) is 5.69 Å². The van der Waals surface area contributed by atoms with Crippen LogP contribution in [0.15, 0.2) is 35.2 Å². The second kappa shape index (κ2) is 7.61. The van der Waals surface area contributed by atoms with Crippen LogP contribution in [0, 0.1) is 0 Å². The van der Waals surface area contributed by atoms with Gasteiger partial charge in [-0.1, -0.05) is 10.4 Å². The average Bonchev–Trinajstić information content (AvgIpc) is 3.57. The van der Waals surface area contributed by atoms with Crippen LogP contribution in [0.5, 0.6) is 0 Å². The highest BCUT2D eigenvalue weighted by atomic mass is 16.5. The molecule has 3 aromatic rings. The number of amides is 4. The minimum absolute atomic E-state index is 0.201. The summed E-state index contributed by atoms with van der Waals surface area (Å²) < 4.78 is 6.47. The Morgan fingerprint density at radius 1 is 1.12 bits per heavy atom. The first-order chi connectivity index (χ1) is 16.5. The minimum Gasteiger partial charge on any atom is -0.364 e. The van der Waals surface area contributed by atoms with Crippen LogP contribution in [-0.2, 0) is 29.1 Å². The van der Waals surface area contributed by atoms with Crippen molar-refractivity contribution >= 4 is 23.6 Å². The van der Waals surface area contributed by atoms with E-state index < -0.39 is 11.9 Å². The number of piperidine rings is 1. The predicted molar refractivity (Wildman–Crippen MR) is 112 cm³/mol. The molecule has 1 N–H and O–H groups in total. The third kappa shape index (κ3) is 3.26. The summed E-state index contributed by atoms with van der Waals surface area (Å²) in [6.07, 6.45) is 4.23. The van der Waals surface area contributed by atoms with E-state index in [9.17, 15) is 19.2 Å². The lowest BCUT2D eigenvalue weighted by Gasteiger charge is -2.29. The second-order valence-electron chi connectivity index (χ2n) is 8.55. The first-order valence-electron chi connectivity index (χ1n) is 10.9. The Morgan fingerprint density at radius 2 is 2.00 bits per heavy atom. The lowest BCUT2D eigenvalue weighted by atomic mass is 10.0. The fourth-order valence-electron chi connectivity index (χ4n) is 4.67. The van der Waals surface area contributed by atoms with Gasteiger partial charge in [-0.15, -0.1) is 5.10 Å². The molecular formula is C22H19N7O5. The Kier molecular flexibility index (Phi) is 4.54. The first-order valence-corrected chi connectivity index (χ1v) is 10.9. The maximum Gasteiger partial charge on any atom is 0.276 e. The predicted octanol–water partition coefficient (Wildman–Crippen LogP) is 0.215. The molecule has 3 aliphatic rings. The summed E-state index contributed by atoms with van der Waals surface area (Å²) in [6.45, 7) is 1.17. The number of nitrogens with one attached hydrogen (secondary N) is 1. The first kappa shape index (κ1) is 20.3. The van der Waals surface area contributed by atoms with Crippen molar-refractivity contribution in [1.29, 1.82) is 0 Å². The highest BCUT2D eigenvalue weighted by Gasteiger charge is 2.39. The number of fused-ring (bicyclic) bond motifs is 2. The standard InChI is InChI=1S/C22H19N7O5/c30-19-4-3-18(20(31)23-19)28-9-12-7-14(1-2-15(12)21(28)32)29-10-17(24-26-29)22(33)27-6-5-16-13(8-27)11-34-25-16/h1-2,7,10-11,18H,3-6,8-9H2,(H,23,30,31). The van der Waals surface area contributed by atoms with Crippen LogP contribution in [0.1, 0.15) is 50.5 Å². The maximum absolute atomic E-state index is 12.9. The number of rotatable bonds is 3. The van der Waals surface area contributed by atoms with E-state index >= 15 is 0 Å². The van der Waals surface area contributed by atoms with Crippen molar-refractivity contribution in [1.82, 2.24) is 35.3 Å². The van der Waals surface area contributed by atoms with E-state index in [-0.39, 0.29) is 36.4 Å². The molecule has 172 valence electrons. The van der Waals surface area contributed by atoms with Crippen LogP contribution in [0.3, 0.4) is 0 Å². The summed E-state index contributed by atoms with van der Waals surface area (Å²) in [5.41, 5.74) is 3.85. The number of carbonyl (C=O) groups is 4. The monoisotopic (exact) mass is 461 g/mol. The van der Waals surface area contributed by atoms with Gasteiger partial charge in [0.1, 0.15) is 12.3 Å². The van der Waals surface area contributed by atoms with E-state index in [1.54, 1.807) is 35.6 Å². The van der Waals surface area contributed by atoms with Crippen molar-refractivity contribution in [2.45, 2.75) is 38.4 Å². The van der Waals surface area contributed by atoms with Gasteiger partial charge >= 0.3 is 0 Å². The molecule has 1 unspecified atom stereocenters. The molecule has 12 heteroatoms. The molecule has 4 amide bonds. The smallest absolute Gasteiger partial charge is 0.276 e. The molecule has 0 saturated carbocycles. The van der Waals surface area contributed by atoms with Gasteiger partial charge in [0.25, 0.3) is 11.8 Å². The van der Waals surface area contributed by atoms with Gasteiger partial charge in [-0.25, -0.2) is 4.68 Å². The molecule has 34 heavy (non-hydrogen) atoms. The summed E-state index contributed by atoms with van der Waals surface area (Å²) in [5.74, 6) is -1.26. The van der Waals surface area contributed by atoms with Gasteiger partial charge in [0, 0.05) is 37.1 Å². The van der Waals surface area contributed by atoms with Gasteiger partial charge < -0.3 is 14.3 Å². The minimum atomic E-state index is -0.674. The Balaban J connectivity index is 1.20. The summed E-state index contributed by atoms with van der Waals surface area (Å²) in [5, 5.41) is 14.4. The number of aromatic nitrogens is 4. The molecule has 0 radical (unpaired) electrons. The molecule has 3 aliphatic heterocycles.